The highest BCUT2D eigenvalue weighted by atomic mass is 16.5. The van der Waals surface area contributed by atoms with Crippen LogP contribution in [0.2, 0.25) is 0 Å². The number of pyridine rings is 1. The lowest BCUT2D eigenvalue weighted by atomic mass is 10.1. The van der Waals surface area contributed by atoms with Crippen LogP contribution < -0.4 is 19.5 Å². The summed E-state index contributed by atoms with van der Waals surface area (Å²) in [6.07, 6.45) is 7.90. The van der Waals surface area contributed by atoms with Crippen LogP contribution in [-0.4, -0.2) is 53.1 Å². The summed E-state index contributed by atoms with van der Waals surface area (Å²) < 4.78 is 18.6. The average Bonchev–Trinajstić information content (AvgIpc) is 3.44. The van der Waals surface area contributed by atoms with Crippen molar-refractivity contribution in [3.05, 3.63) is 41.1 Å². The monoisotopic (exact) mass is 463 g/mol. The van der Waals surface area contributed by atoms with Crippen molar-refractivity contribution >= 4 is 17.5 Å². The number of rotatable bonds is 4. The van der Waals surface area contributed by atoms with Gasteiger partial charge in [-0.1, -0.05) is 0 Å². The number of fused-ring (bicyclic) bond motifs is 3. The lowest BCUT2D eigenvalue weighted by molar-refractivity contribution is -0.116. The van der Waals surface area contributed by atoms with Crippen molar-refractivity contribution in [1.82, 2.24) is 9.88 Å². The number of nitrogens with one attached hydrogen (secondary N) is 1. The molecule has 34 heavy (non-hydrogen) atoms. The van der Waals surface area contributed by atoms with E-state index in [1.54, 1.807) is 12.3 Å². The summed E-state index contributed by atoms with van der Waals surface area (Å²) in [5, 5.41) is 2.88. The van der Waals surface area contributed by atoms with Gasteiger partial charge in [0, 0.05) is 25.1 Å². The van der Waals surface area contributed by atoms with E-state index in [1.165, 1.54) is 0 Å². The summed E-state index contributed by atoms with van der Waals surface area (Å²) in [4.78, 5) is 31.7. The number of nitrogens with zero attached hydrogens (tertiary/aromatic N) is 2. The van der Waals surface area contributed by atoms with Crippen LogP contribution in [0.25, 0.3) is 0 Å². The zero-order valence-corrected chi connectivity index (χ0v) is 19.3. The number of aromatic nitrogens is 1. The Labute approximate surface area is 198 Å². The van der Waals surface area contributed by atoms with E-state index >= 15 is 0 Å². The number of hydrogen-bond acceptors (Lipinski definition) is 6. The molecule has 6 rings (SSSR count). The normalized spacial score (nSPS) is 24.0. The lowest BCUT2D eigenvalue weighted by Crippen LogP contribution is -2.37. The molecule has 0 unspecified atom stereocenters. The predicted octanol–water partition coefficient (Wildman–Crippen LogP) is 3.65. The average molecular weight is 464 g/mol. The molecule has 3 aliphatic heterocycles. The largest absolute Gasteiger partial charge is 0.490 e. The number of aryl methyl sites for hydroxylation is 2. The summed E-state index contributed by atoms with van der Waals surface area (Å²) in [7, 11) is 0. The van der Waals surface area contributed by atoms with Gasteiger partial charge in [-0.2, -0.15) is 0 Å². The molecule has 1 N–H and O–H groups in total. The number of benzene rings is 1. The summed E-state index contributed by atoms with van der Waals surface area (Å²) in [6.45, 7) is 2.87. The fraction of sp³-hybridized carbons (Fsp3) is 0.500. The van der Waals surface area contributed by atoms with Gasteiger partial charge in [-0.15, -0.1) is 0 Å². The van der Waals surface area contributed by atoms with Crippen LogP contribution >= 0.6 is 0 Å². The SMILES string of the molecule is Cc1cc2c(c(OC3CCCC3)c1)C(=O)N1C[C@@H](Oc3cc4c(cn3)CCC(=O)N4)C[C@@H]1CO2. The molecule has 8 heteroatoms. The minimum absolute atomic E-state index is 0.00571. The van der Waals surface area contributed by atoms with Crippen molar-refractivity contribution in [1.29, 1.82) is 0 Å². The molecular formula is C26H29N3O5. The maximum Gasteiger partial charge on any atom is 0.261 e. The minimum Gasteiger partial charge on any atom is -0.490 e. The van der Waals surface area contributed by atoms with E-state index in [9.17, 15) is 9.59 Å². The zero-order chi connectivity index (χ0) is 23.2. The molecular weight excluding hydrogens is 434 g/mol. The molecule has 1 aromatic heterocycles. The molecule has 1 saturated carbocycles. The van der Waals surface area contributed by atoms with Gasteiger partial charge in [0.2, 0.25) is 11.8 Å². The molecule has 4 aliphatic rings. The first-order chi connectivity index (χ1) is 16.5. The van der Waals surface area contributed by atoms with Crippen molar-refractivity contribution in [2.24, 2.45) is 0 Å². The standard InChI is InChI=1S/C26H29N3O5/c1-15-8-21-25(22(9-15)33-18-4-2-3-5-18)26(31)29-13-19(10-17(29)14-32-21)34-24-11-20-16(12-27-24)6-7-23(30)28-20/h8-9,11-12,17-19H,2-7,10,13-14H2,1H3,(H,28,30)/t17-,19+/m1/s1. The molecule has 178 valence electrons. The fourth-order valence-corrected chi connectivity index (χ4v) is 5.50. The van der Waals surface area contributed by atoms with E-state index in [1.807, 2.05) is 24.0 Å². The molecule has 1 saturated heterocycles. The van der Waals surface area contributed by atoms with Gasteiger partial charge in [0.25, 0.3) is 5.91 Å². The van der Waals surface area contributed by atoms with E-state index in [4.69, 9.17) is 14.2 Å². The number of anilines is 1. The van der Waals surface area contributed by atoms with Gasteiger partial charge < -0.3 is 24.4 Å². The molecule has 0 bridgehead atoms. The Morgan fingerprint density at radius 1 is 1.09 bits per heavy atom. The smallest absolute Gasteiger partial charge is 0.261 e. The van der Waals surface area contributed by atoms with Crippen LogP contribution in [0.4, 0.5) is 5.69 Å². The highest BCUT2D eigenvalue weighted by Crippen LogP contribution is 2.39. The van der Waals surface area contributed by atoms with Crippen molar-refractivity contribution in [2.45, 2.75) is 70.1 Å². The Bertz CT molecular complexity index is 1140. The fourth-order valence-electron chi connectivity index (χ4n) is 5.50. The number of carbonyl (C=O) groups excluding carboxylic acids is 2. The molecule has 2 aromatic rings. The maximum atomic E-state index is 13.7. The highest BCUT2D eigenvalue weighted by Gasteiger charge is 2.42. The highest BCUT2D eigenvalue weighted by molar-refractivity contribution is 6.00. The Hall–Kier alpha value is -3.29. The van der Waals surface area contributed by atoms with Crippen molar-refractivity contribution in [3.8, 4) is 17.4 Å². The summed E-state index contributed by atoms with van der Waals surface area (Å²) in [5.41, 5.74) is 3.31. The maximum absolute atomic E-state index is 13.7. The number of amides is 2. The molecule has 0 spiro atoms. The van der Waals surface area contributed by atoms with Crippen LogP contribution in [0.15, 0.2) is 24.4 Å². The Balaban J connectivity index is 1.21. The van der Waals surface area contributed by atoms with Crippen LogP contribution in [0.5, 0.6) is 17.4 Å². The second-order valence-corrected chi connectivity index (χ2v) is 9.79. The van der Waals surface area contributed by atoms with Gasteiger partial charge in [-0.05, 0) is 62.3 Å². The van der Waals surface area contributed by atoms with Crippen molar-refractivity contribution in [2.75, 3.05) is 18.5 Å². The molecule has 2 fully saturated rings. The van der Waals surface area contributed by atoms with Gasteiger partial charge in [-0.3, -0.25) is 9.59 Å². The topological polar surface area (TPSA) is 90.0 Å². The van der Waals surface area contributed by atoms with Crippen LogP contribution in [0.3, 0.4) is 0 Å². The van der Waals surface area contributed by atoms with Gasteiger partial charge in [0.05, 0.1) is 24.4 Å². The van der Waals surface area contributed by atoms with E-state index in [2.05, 4.69) is 10.3 Å². The number of carbonyl (C=O) groups is 2. The first-order valence-electron chi connectivity index (χ1n) is 12.2. The Morgan fingerprint density at radius 3 is 2.79 bits per heavy atom. The van der Waals surface area contributed by atoms with Gasteiger partial charge >= 0.3 is 0 Å². The number of ether oxygens (including phenoxy) is 3. The molecule has 1 aromatic carbocycles. The molecule has 2 atom stereocenters. The first kappa shape index (κ1) is 21.3. The zero-order valence-electron chi connectivity index (χ0n) is 19.3. The third-order valence-corrected chi connectivity index (χ3v) is 7.23. The summed E-state index contributed by atoms with van der Waals surface area (Å²) in [6, 6.07) is 5.58. The van der Waals surface area contributed by atoms with E-state index < -0.39 is 0 Å². The Kier molecular flexibility index (Phi) is 5.31. The Morgan fingerprint density at radius 2 is 1.94 bits per heavy atom. The summed E-state index contributed by atoms with van der Waals surface area (Å²) in [5.74, 6) is 1.63. The van der Waals surface area contributed by atoms with Gasteiger partial charge in [0.15, 0.2) is 0 Å². The lowest BCUT2D eigenvalue weighted by Gasteiger charge is -2.22. The molecule has 1 aliphatic carbocycles. The molecule has 4 heterocycles. The molecule has 2 amide bonds. The van der Waals surface area contributed by atoms with E-state index in [0.717, 1.165) is 42.5 Å². The van der Waals surface area contributed by atoms with Crippen LogP contribution in [0, 0.1) is 6.92 Å². The summed E-state index contributed by atoms with van der Waals surface area (Å²) >= 11 is 0. The first-order valence-corrected chi connectivity index (χ1v) is 12.2. The minimum atomic E-state index is -0.200. The van der Waals surface area contributed by atoms with Crippen molar-refractivity contribution < 1.29 is 23.8 Å². The molecule has 0 radical (unpaired) electrons. The third-order valence-electron chi connectivity index (χ3n) is 7.23. The van der Waals surface area contributed by atoms with Crippen LogP contribution in [-0.2, 0) is 11.2 Å². The van der Waals surface area contributed by atoms with Gasteiger partial charge in [0.1, 0.15) is 29.8 Å². The second kappa shape index (κ2) is 8.49. The van der Waals surface area contributed by atoms with Crippen molar-refractivity contribution in [3.63, 3.8) is 0 Å². The van der Waals surface area contributed by atoms with E-state index in [-0.39, 0.29) is 30.1 Å². The third kappa shape index (κ3) is 3.95. The van der Waals surface area contributed by atoms with Gasteiger partial charge in [-0.25, -0.2) is 4.98 Å². The second-order valence-electron chi connectivity index (χ2n) is 9.79. The molecule has 8 nitrogen and oxygen atoms in total. The number of hydrogen-bond donors (Lipinski definition) is 1. The quantitative estimate of drug-likeness (QED) is 0.745. The predicted molar refractivity (Wildman–Crippen MR) is 125 cm³/mol. The van der Waals surface area contributed by atoms with E-state index in [0.29, 0.717) is 55.4 Å². The van der Waals surface area contributed by atoms with Crippen LogP contribution in [0.1, 0.15) is 60.0 Å².